The number of aryl methyl sites for hydroxylation is 2. The molecule has 0 aliphatic heterocycles. The number of pyridine rings is 1. The van der Waals surface area contributed by atoms with Gasteiger partial charge in [0.05, 0.1) is 5.69 Å². The van der Waals surface area contributed by atoms with E-state index in [0.717, 1.165) is 44.7 Å². The molecule has 0 bridgehead atoms. The minimum Gasteiger partial charge on any atom is -0.509 e. The van der Waals surface area contributed by atoms with Crippen molar-refractivity contribution in [2.75, 3.05) is 0 Å². The van der Waals surface area contributed by atoms with Crippen LogP contribution in [0.1, 0.15) is 11.4 Å². The molecule has 166 valence electrons. The summed E-state index contributed by atoms with van der Waals surface area (Å²) in [5.74, 6) is 2.07. The third kappa shape index (κ3) is 3.82. The zero-order valence-electron chi connectivity index (χ0n) is 18.6. The molecule has 34 heavy (non-hydrogen) atoms. The van der Waals surface area contributed by atoms with Crippen molar-refractivity contribution in [3.8, 4) is 23.0 Å². The summed E-state index contributed by atoms with van der Waals surface area (Å²) in [7, 11) is 0. The van der Waals surface area contributed by atoms with Gasteiger partial charge in [-0.05, 0) is 49.2 Å². The van der Waals surface area contributed by atoms with Crippen molar-refractivity contribution < 1.29 is 25.8 Å². The van der Waals surface area contributed by atoms with E-state index in [1.165, 1.54) is 0 Å². The molecule has 3 aromatic carbocycles. The molecule has 0 N–H and O–H groups in total. The Hall–Kier alpha value is -3.69. The van der Waals surface area contributed by atoms with Crippen molar-refractivity contribution in [2.45, 2.75) is 13.8 Å². The Balaban J connectivity index is 0.00000241. The number of hydrogen-bond acceptors (Lipinski definition) is 3. The van der Waals surface area contributed by atoms with Crippen LogP contribution in [0.25, 0.3) is 33.3 Å². The average molecular weight is 624 g/mol. The smallest absolute Gasteiger partial charge is 0.509 e. The van der Waals surface area contributed by atoms with Crippen LogP contribution in [0.4, 0.5) is 0 Å². The molecular formula is C28H20N4OPt+2. The van der Waals surface area contributed by atoms with Crippen LogP contribution in [0.15, 0.2) is 85.1 Å². The molecule has 0 saturated heterocycles. The van der Waals surface area contributed by atoms with E-state index in [9.17, 15) is 0 Å². The Bertz CT molecular complexity index is 1620. The van der Waals surface area contributed by atoms with Crippen LogP contribution in [0, 0.1) is 26.0 Å². The standard InChI is InChI=1S/C28H20N4O.Pt/c1-19-16-20(2)32(30-19)21-8-7-9-22(17-21)33-23-13-14-25-24-10-3-4-11-26(24)31(27(25)18-23)28-12-5-6-15-29-28;/h3-16H,1-2H3;/q-2;+4. The largest absolute Gasteiger partial charge is 4.00 e. The van der Waals surface area contributed by atoms with E-state index in [-0.39, 0.29) is 21.1 Å². The van der Waals surface area contributed by atoms with Gasteiger partial charge in [0.25, 0.3) is 0 Å². The van der Waals surface area contributed by atoms with Gasteiger partial charge in [0.15, 0.2) is 0 Å². The molecule has 5 nitrogen and oxygen atoms in total. The second-order valence-electron chi connectivity index (χ2n) is 7.97. The molecule has 0 unspecified atom stereocenters. The topological polar surface area (TPSA) is 44.9 Å². The maximum atomic E-state index is 6.20. The molecule has 0 amide bonds. The SMILES string of the molecule is Cc1cc(C)n(-c2[c-]c(Oc3[c-]c4c(cc3)c3ccccc3n4-c3ccccn3)ccc2)n1.[Pt+4]. The number of para-hydroxylation sites is 1. The fourth-order valence-electron chi connectivity index (χ4n) is 4.27. The third-order valence-corrected chi connectivity index (χ3v) is 5.65. The number of benzene rings is 3. The zero-order chi connectivity index (χ0) is 22.4. The Morgan fingerprint density at radius 3 is 2.41 bits per heavy atom. The van der Waals surface area contributed by atoms with Crippen LogP contribution in [-0.4, -0.2) is 19.3 Å². The first-order valence-corrected chi connectivity index (χ1v) is 10.8. The summed E-state index contributed by atoms with van der Waals surface area (Å²) < 4.78 is 10.2. The molecule has 0 aliphatic carbocycles. The predicted molar refractivity (Wildman–Crippen MR) is 129 cm³/mol. The van der Waals surface area contributed by atoms with Crippen molar-refractivity contribution in [1.29, 1.82) is 0 Å². The second-order valence-corrected chi connectivity index (χ2v) is 7.97. The second kappa shape index (κ2) is 8.92. The predicted octanol–water partition coefficient (Wildman–Crippen LogP) is 6.37. The van der Waals surface area contributed by atoms with Crippen molar-refractivity contribution >= 4 is 21.8 Å². The number of rotatable bonds is 4. The molecule has 0 fully saturated rings. The Morgan fingerprint density at radius 2 is 1.62 bits per heavy atom. The minimum atomic E-state index is 0. The van der Waals surface area contributed by atoms with E-state index >= 15 is 0 Å². The number of hydrogen-bond donors (Lipinski definition) is 0. The van der Waals surface area contributed by atoms with Crippen molar-refractivity contribution in [3.63, 3.8) is 0 Å². The average Bonchev–Trinajstić information content (AvgIpc) is 3.35. The van der Waals surface area contributed by atoms with E-state index in [4.69, 9.17) is 4.74 Å². The van der Waals surface area contributed by atoms with E-state index in [2.05, 4.69) is 45.0 Å². The van der Waals surface area contributed by atoms with Crippen molar-refractivity contribution in [3.05, 3.63) is 109 Å². The minimum absolute atomic E-state index is 0. The summed E-state index contributed by atoms with van der Waals surface area (Å²) in [6.45, 7) is 4.01. The van der Waals surface area contributed by atoms with Gasteiger partial charge in [0.1, 0.15) is 5.82 Å². The summed E-state index contributed by atoms with van der Waals surface area (Å²) in [6.07, 6.45) is 1.80. The molecule has 0 aliphatic rings. The van der Waals surface area contributed by atoms with Crippen LogP contribution < -0.4 is 4.74 Å². The van der Waals surface area contributed by atoms with Gasteiger partial charge >= 0.3 is 21.1 Å². The van der Waals surface area contributed by atoms with Gasteiger partial charge < -0.3 is 9.30 Å². The molecule has 3 heterocycles. The third-order valence-electron chi connectivity index (χ3n) is 5.65. The summed E-state index contributed by atoms with van der Waals surface area (Å²) in [5.41, 5.74) is 4.85. The number of nitrogens with zero attached hydrogens (tertiary/aromatic N) is 4. The first-order chi connectivity index (χ1) is 16.2. The van der Waals surface area contributed by atoms with E-state index in [1.807, 2.05) is 79.2 Å². The molecule has 0 radical (unpaired) electrons. The monoisotopic (exact) mass is 623 g/mol. The van der Waals surface area contributed by atoms with E-state index in [0.29, 0.717) is 11.5 Å². The quantitative estimate of drug-likeness (QED) is 0.215. The fourth-order valence-corrected chi connectivity index (χ4v) is 4.27. The van der Waals surface area contributed by atoms with Gasteiger partial charge in [-0.1, -0.05) is 29.8 Å². The summed E-state index contributed by atoms with van der Waals surface area (Å²) >= 11 is 0. The summed E-state index contributed by atoms with van der Waals surface area (Å²) in [4.78, 5) is 4.58. The van der Waals surface area contributed by atoms with Gasteiger partial charge in [-0.15, -0.1) is 35.7 Å². The van der Waals surface area contributed by atoms with Gasteiger partial charge in [-0.2, -0.15) is 17.2 Å². The summed E-state index contributed by atoms with van der Waals surface area (Å²) in [6, 6.07) is 32.9. The van der Waals surface area contributed by atoms with Crippen LogP contribution in [0.3, 0.4) is 0 Å². The molecule has 6 rings (SSSR count). The molecular weight excluding hydrogens is 603 g/mol. The molecule has 0 atom stereocenters. The van der Waals surface area contributed by atoms with Crippen LogP contribution in [0.2, 0.25) is 0 Å². The summed E-state index contributed by atoms with van der Waals surface area (Å²) in [5, 5.41) is 6.80. The van der Waals surface area contributed by atoms with Crippen molar-refractivity contribution in [1.82, 2.24) is 19.3 Å². The van der Waals surface area contributed by atoms with Gasteiger partial charge in [-0.25, -0.2) is 4.98 Å². The maximum Gasteiger partial charge on any atom is 4.00 e. The molecule has 0 spiro atoms. The number of aromatic nitrogens is 4. The Kier molecular flexibility index (Phi) is 5.80. The Labute approximate surface area is 211 Å². The van der Waals surface area contributed by atoms with E-state index < -0.39 is 0 Å². The van der Waals surface area contributed by atoms with Gasteiger partial charge in [0.2, 0.25) is 0 Å². The molecule has 6 aromatic rings. The maximum absolute atomic E-state index is 6.20. The molecule has 3 aromatic heterocycles. The van der Waals surface area contributed by atoms with Crippen LogP contribution in [0.5, 0.6) is 11.5 Å². The van der Waals surface area contributed by atoms with Gasteiger partial charge in [-0.3, -0.25) is 4.68 Å². The number of fused-ring (bicyclic) bond motifs is 3. The van der Waals surface area contributed by atoms with Crippen LogP contribution in [-0.2, 0) is 21.1 Å². The van der Waals surface area contributed by atoms with Crippen molar-refractivity contribution in [2.24, 2.45) is 0 Å². The van der Waals surface area contributed by atoms with Crippen LogP contribution >= 0.6 is 0 Å². The first kappa shape index (κ1) is 22.1. The molecule has 6 heteroatoms. The Morgan fingerprint density at radius 1 is 0.794 bits per heavy atom. The van der Waals surface area contributed by atoms with E-state index in [1.54, 1.807) is 6.20 Å². The zero-order valence-corrected chi connectivity index (χ0v) is 20.9. The molecule has 0 saturated carbocycles. The fraction of sp³-hybridized carbons (Fsp3) is 0.0714. The number of ether oxygens (including phenoxy) is 1. The first-order valence-electron chi connectivity index (χ1n) is 10.8. The normalized spacial score (nSPS) is 11.0. The van der Waals surface area contributed by atoms with Gasteiger partial charge in [0, 0.05) is 28.9 Å².